The molecular formula is C17H26F2N2O2. The Bertz CT molecular complexity index is 530. The third-order valence-electron chi connectivity index (χ3n) is 3.32. The van der Waals surface area contributed by atoms with Gasteiger partial charge in [-0.05, 0) is 40.2 Å². The Morgan fingerprint density at radius 3 is 2.52 bits per heavy atom. The number of carbonyl (C=O) groups excluding carboxylic acids is 1. The van der Waals surface area contributed by atoms with E-state index in [1.165, 1.54) is 6.07 Å². The first-order chi connectivity index (χ1) is 10.6. The molecular weight excluding hydrogens is 302 g/mol. The number of hydrogen-bond donors (Lipinski definition) is 2. The molecule has 0 saturated heterocycles. The third kappa shape index (κ3) is 6.52. The van der Waals surface area contributed by atoms with Crippen molar-refractivity contribution in [1.82, 2.24) is 10.6 Å². The molecule has 0 fully saturated rings. The van der Waals surface area contributed by atoms with E-state index in [2.05, 4.69) is 10.6 Å². The molecule has 1 rings (SSSR count). The van der Waals surface area contributed by atoms with E-state index in [4.69, 9.17) is 4.74 Å². The number of amides is 1. The van der Waals surface area contributed by atoms with Gasteiger partial charge in [-0.15, -0.1) is 0 Å². The van der Waals surface area contributed by atoms with Crippen molar-refractivity contribution in [3.8, 4) is 0 Å². The van der Waals surface area contributed by atoms with Crippen LogP contribution in [0.1, 0.15) is 52.6 Å². The Kier molecular flexibility index (Phi) is 6.94. The van der Waals surface area contributed by atoms with Crippen molar-refractivity contribution in [2.75, 3.05) is 6.54 Å². The van der Waals surface area contributed by atoms with E-state index in [9.17, 15) is 13.6 Å². The lowest BCUT2D eigenvalue weighted by atomic mass is 10.1. The van der Waals surface area contributed by atoms with Crippen molar-refractivity contribution in [2.24, 2.45) is 0 Å². The normalized spacial score (nSPS) is 14.2. The predicted molar refractivity (Wildman–Crippen MR) is 86.2 cm³/mol. The summed E-state index contributed by atoms with van der Waals surface area (Å²) in [7, 11) is 0. The van der Waals surface area contributed by atoms with Crippen LogP contribution in [0.3, 0.4) is 0 Å². The minimum Gasteiger partial charge on any atom is -0.444 e. The molecule has 0 heterocycles. The Hall–Kier alpha value is -1.69. The molecule has 0 spiro atoms. The van der Waals surface area contributed by atoms with Gasteiger partial charge >= 0.3 is 6.09 Å². The monoisotopic (exact) mass is 328 g/mol. The molecule has 0 aliphatic heterocycles. The van der Waals surface area contributed by atoms with E-state index >= 15 is 0 Å². The summed E-state index contributed by atoms with van der Waals surface area (Å²) >= 11 is 0. The molecule has 0 aromatic heterocycles. The number of rotatable bonds is 6. The lowest BCUT2D eigenvalue weighted by Crippen LogP contribution is -2.43. The Labute approximate surface area is 136 Å². The lowest BCUT2D eigenvalue weighted by Gasteiger charge is -2.25. The van der Waals surface area contributed by atoms with E-state index in [0.717, 1.165) is 12.5 Å². The average molecular weight is 328 g/mol. The van der Waals surface area contributed by atoms with Crippen LogP contribution >= 0.6 is 0 Å². The van der Waals surface area contributed by atoms with E-state index in [-0.39, 0.29) is 17.6 Å². The SMILES string of the molecule is CCC(CNC(=O)OC(C)(C)C)NC(C)c1cccc(F)c1F. The van der Waals surface area contributed by atoms with Gasteiger partial charge in [0.1, 0.15) is 5.60 Å². The number of hydrogen-bond acceptors (Lipinski definition) is 3. The summed E-state index contributed by atoms with van der Waals surface area (Å²) in [6.07, 6.45) is 0.221. The molecule has 0 aliphatic carbocycles. The molecule has 2 N–H and O–H groups in total. The van der Waals surface area contributed by atoms with Gasteiger partial charge in [-0.3, -0.25) is 0 Å². The quantitative estimate of drug-likeness (QED) is 0.832. The summed E-state index contributed by atoms with van der Waals surface area (Å²) in [6, 6.07) is 3.65. The van der Waals surface area contributed by atoms with Crippen molar-refractivity contribution in [3.05, 3.63) is 35.4 Å². The van der Waals surface area contributed by atoms with Crippen molar-refractivity contribution in [1.29, 1.82) is 0 Å². The minimum absolute atomic E-state index is 0.0832. The number of nitrogens with one attached hydrogen (secondary N) is 2. The van der Waals surface area contributed by atoms with Gasteiger partial charge in [0, 0.05) is 24.2 Å². The van der Waals surface area contributed by atoms with Crippen LogP contribution in [-0.4, -0.2) is 24.3 Å². The topological polar surface area (TPSA) is 50.4 Å². The molecule has 0 saturated carbocycles. The van der Waals surface area contributed by atoms with Crippen LogP contribution in [0, 0.1) is 11.6 Å². The van der Waals surface area contributed by atoms with E-state index in [1.807, 2.05) is 6.92 Å². The highest BCUT2D eigenvalue weighted by atomic mass is 19.2. The number of ether oxygens (including phenoxy) is 1. The van der Waals surface area contributed by atoms with E-state index in [0.29, 0.717) is 6.54 Å². The van der Waals surface area contributed by atoms with Gasteiger partial charge in [0.05, 0.1) is 0 Å². The van der Waals surface area contributed by atoms with Crippen molar-refractivity contribution in [3.63, 3.8) is 0 Å². The molecule has 6 heteroatoms. The Morgan fingerprint density at radius 2 is 1.96 bits per heavy atom. The van der Waals surface area contributed by atoms with Crippen LogP contribution < -0.4 is 10.6 Å². The first-order valence-electron chi connectivity index (χ1n) is 7.80. The molecule has 0 radical (unpaired) electrons. The smallest absolute Gasteiger partial charge is 0.407 e. The van der Waals surface area contributed by atoms with E-state index in [1.54, 1.807) is 33.8 Å². The zero-order valence-corrected chi connectivity index (χ0v) is 14.4. The third-order valence-corrected chi connectivity index (χ3v) is 3.32. The number of halogens is 2. The number of carbonyl (C=O) groups is 1. The van der Waals surface area contributed by atoms with Gasteiger partial charge in [-0.1, -0.05) is 19.1 Å². The molecule has 130 valence electrons. The molecule has 0 bridgehead atoms. The maximum Gasteiger partial charge on any atom is 0.407 e. The van der Waals surface area contributed by atoms with Crippen molar-refractivity contribution >= 4 is 6.09 Å². The summed E-state index contributed by atoms with van der Waals surface area (Å²) in [4.78, 5) is 11.7. The second-order valence-electron chi connectivity index (χ2n) is 6.52. The highest BCUT2D eigenvalue weighted by Crippen LogP contribution is 2.19. The molecule has 0 aliphatic rings. The molecule has 1 amide bonds. The zero-order valence-electron chi connectivity index (χ0n) is 14.4. The van der Waals surface area contributed by atoms with Gasteiger partial charge < -0.3 is 15.4 Å². The summed E-state index contributed by atoms with van der Waals surface area (Å²) in [5.74, 6) is -1.71. The average Bonchev–Trinajstić information content (AvgIpc) is 2.44. The summed E-state index contributed by atoms with van der Waals surface area (Å²) in [6.45, 7) is 9.41. The predicted octanol–water partition coefficient (Wildman–Crippen LogP) is 3.92. The van der Waals surface area contributed by atoms with Gasteiger partial charge in [0.15, 0.2) is 11.6 Å². The minimum atomic E-state index is -0.865. The second kappa shape index (κ2) is 8.24. The molecule has 2 atom stereocenters. The molecule has 23 heavy (non-hydrogen) atoms. The molecule has 4 nitrogen and oxygen atoms in total. The summed E-state index contributed by atoms with van der Waals surface area (Å²) < 4.78 is 32.3. The van der Waals surface area contributed by atoms with Gasteiger partial charge in [-0.25, -0.2) is 13.6 Å². The second-order valence-corrected chi connectivity index (χ2v) is 6.52. The van der Waals surface area contributed by atoms with Crippen molar-refractivity contribution < 1.29 is 18.3 Å². The standard InChI is InChI=1S/C17H26F2N2O2/c1-6-12(10-20-16(22)23-17(3,4)5)21-11(2)13-8-7-9-14(18)15(13)19/h7-9,11-12,21H,6,10H2,1-5H3,(H,20,22). The number of benzene rings is 1. The first-order valence-corrected chi connectivity index (χ1v) is 7.80. The van der Waals surface area contributed by atoms with Gasteiger partial charge in [-0.2, -0.15) is 0 Å². The van der Waals surface area contributed by atoms with E-state index < -0.39 is 23.3 Å². The fraction of sp³-hybridized carbons (Fsp3) is 0.588. The molecule has 2 unspecified atom stereocenters. The van der Waals surface area contributed by atoms with Crippen LogP contribution in [0.25, 0.3) is 0 Å². The Balaban J connectivity index is 2.59. The summed E-state index contributed by atoms with van der Waals surface area (Å²) in [5.41, 5.74) is -0.294. The van der Waals surface area contributed by atoms with Crippen LogP contribution in [0.4, 0.5) is 13.6 Å². The largest absolute Gasteiger partial charge is 0.444 e. The molecule has 1 aromatic rings. The zero-order chi connectivity index (χ0) is 17.6. The van der Waals surface area contributed by atoms with Crippen LogP contribution in [0.2, 0.25) is 0 Å². The van der Waals surface area contributed by atoms with Gasteiger partial charge in [0.2, 0.25) is 0 Å². The van der Waals surface area contributed by atoms with Crippen LogP contribution in [0.15, 0.2) is 18.2 Å². The van der Waals surface area contributed by atoms with Crippen LogP contribution in [0.5, 0.6) is 0 Å². The maximum atomic E-state index is 13.8. The first kappa shape index (κ1) is 19.4. The van der Waals surface area contributed by atoms with Gasteiger partial charge in [0.25, 0.3) is 0 Å². The maximum absolute atomic E-state index is 13.8. The fourth-order valence-electron chi connectivity index (χ4n) is 2.14. The highest BCUT2D eigenvalue weighted by molar-refractivity contribution is 5.67. The Morgan fingerprint density at radius 1 is 1.30 bits per heavy atom. The van der Waals surface area contributed by atoms with Crippen molar-refractivity contribution in [2.45, 2.75) is 58.7 Å². The number of alkyl carbamates (subject to hydrolysis) is 1. The van der Waals surface area contributed by atoms with Crippen LogP contribution in [-0.2, 0) is 4.74 Å². The summed E-state index contributed by atoms with van der Waals surface area (Å²) in [5, 5.41) is 5.87. The molecule has 1 aromatic carbocycles. The fourth-order valence-corrected chi connectivity index (χ4v) is 2.14. The lowest BCUT2D eigenvalue weighted by molar-refractivity contribution is 0.0521. The highest BCUT2D eigenvalue weighted by Gasteiger charge is 2.19.